The standard InChI is InChI=1S/C14H13ClFNO2/c1-2-19-11-5-9(7-17-8-11)14(18)12-6-10(15)3-4-13(12)16/h3-8,14,18H,2H2,1H3. The Labute approximate surface area is 115 Å². The van der Waals surface area contributed by atoms with E-state index in [9.17, 15) is 9.50 Å². The van der Waals surface area contributed by atoms with E-state index < -0.39 is 11.9 Å². The van der Waals surface area contributed by atoms with E-state index in [1.165, 1.54) is 30.6 Å². The quantitative estimate of drug-likeness (QED) is 0.934. The molecule has 0 saturated heterocycles. The fraction of sp³-hybridized carbons (Fsp3) is 0.214. The van der Waals surface area contributed by atoms with Gasteiger partial charge in [0, 0.05) is 22.3 Å². The number of halogens is 2. The fourth-order valence-electron chi connectivity index (χ4n) is 1.73. The lowest BCUT2D eigenvalue weighted by Gasteiger charge is -2.13. The van der Waals surface area contributed by atoms with E-state index in [1.54, 1.807) is 6.07 Å². The summed E-state index contributed by atoms with van der Waals surface area (Å²) in [5.41, 5.74) is 0.565. The van der Waals surface area contributed by atoms with Crippen LogP contribution >= 0.6 is 11.6 Å². The molecule has 0 spiro atoms. The Morgan fingerprint density at radius 3 is 2.89 bits per heavy atom. The molecule has 0 saturated carbocycles. The summed E-state index contributed by atoms with van der Waals surface area (Å²) in [4.78, 5) is 3.96. The molecule has 100 valence electrons. The fourth-order valence-corrected chi connectivity index (χ4v) is 1.91. The van der Waals surface area contributed by atoms with Gasteiger partial charge in [-0.05, 0) is 31.2 Å². The molecular weight excluding hydrogens is 269 g/mol. The average Bonchev–Trinajstić information content (AvgIpc) is 2.41. The molecule has 19 heavy (non-hydrogen) atoms. The molecule has 1 N–H and O–H groups in total. The number of hydrogen-bond acceptors (Lipinski definition) is 3. The van der Waals surface area contributed by atoms with Crippen molar-refractivity contribution < 1.29 is 14.2 Å². The van der Waals surface area contributed by atoms with E-state index >= 15 is 0 Å². The molecular formula is C14H13ClFNO2. The molecule has 0 aliphatic carbocycles. The maximum Gasteiger partial charge on any atom is 0.137 e. The van der Waals surface area contributed by atoms with Crippen molar-refractivity contribution in [1.82, 2.24) is 4.98 Å². The first-order valence-electron chi connectivity index (χ1n) is 5.82. The van der Waals surface area contributed by atoms with E-state index in [0.717, 1.165) is 0 Å². The van der Waals surface area contributed by atoms with Gasteiger partial charge >= 0.3 is 0 Å². The van der Waals surface area contributed by atoms with Gasteiger partial charge in [0.15, 0.2) is 0 Å². The van der Waals surface area contributed by atoms with Crippen LogP contribution in [0.25, 0.3) is 0 Å². The Kier molecular flexibility index (Phi) is 4.35. The highest BCUT2D eigenvalue weighted by Crippen LogP contribution is 2.28. The Morgan fingerprint density at radius 2 is 2.16 bits per heavy atom. The highest BCUT2D eigenvalue weighted by Gasteiger charge is 2.16. The van der Waals surface area contributed by atoms with Crippen LogP contribution in [-0.2, 0) is 0 Å². The zero-order valence-corrected chi connectivity index (χ0v) is 11.1. The minimum atomic E-state index is -1.13. The average molecular weight is 282 g/mol. The summed E-state index contributed by atoms with van der Waals surface area (Å²) in [5, 5.41) is 10.6. The third kappa shape index (κ3) is 3.22. The van der Waals surface area contributed by atoms with Crippen LogP contribution in [0.2, 0.25) is 5.02 Å². The van der Waals surface area contributed by atoms with Crippen molar-refractivity contribution in [2.75, 3.05) is 6.61 Å². The molecule has 1 heterocycles. The van der Waals surface area contributed by atoms with Gasteiger partial charge in [0.25, 0.3) is 0 Å². The van der Waals surface area contributed by atoms with Gasteiger partial charge in [-0.25, -0.2) is 4.39 Å². The maximum absolute atomic E-state index is 13.7. The number of nitrogens with zero attached hydrogens (tertiary/aromatic N) is 1. The van der Waals surface area contributed by atoms with Crippen molar-refractivity contribution in [3.63, 3.8) is 0 Å². The monoisotopic (exact) mass is 281 g/mol. The van der Waals surface area contributed by atoms with Crippen LogP contribution in [0.4, 0.5) is 4.39 Å². The molecule has 1 aromatic heterocycles. The molecule has 1 unspecified atom stereocenters. The van der Waals surface area contributed by atoms with Crippen molar-refractivity contribution in [2.45, 2.75) is 13.0 Å². The first-order valence-corrected chi connectivity index (χ1v) is 6.20. The van der Waals surface area contributed by atoms with E-state index in [-0.39, 0.29) is 5.56 Å². The molecule has 0 aliphatic heterocycles. The minimum Gasteiger partial charge on any atom is -0.492 e. The normalized spacial score (nSPS) is 12.2. The summed E-state index contributed by atoms with van der Waals surface area (Å²) in [6, 6.07) is 5.68. The molecule has 0 fully saturated rings. The van der Waals surface area contributed by atoms with Crippen LogP contribution in [0.1, 0.15) is 24.2 Å². The Hall–Kier alpha value is -1.65. The van der Waals surface area contributed by atoms with Gasteiger partial charge < -0.3 is 9.84 Å². The number of rotatable bonds is 4. The van der Waals surface area contributed by atoms with Gasteiger partial charge in [0.2, 0.25) is 0 Å². The summed E-state index contributed by atoms with van der Waals surface area (Å²) in [7, 11) is 0. The largest absolute Gasteiger partial charge is 0.492 e. The van der Waals surface area contributed by atoms with E-state index in [1.807, 2.05) is 6.92 Å². The second-order valence-corrected chi connectivity index (χ2v) is 4.39. The number of benzene rings is 1. The second-order valence-electron chi connectivity index (χ2n) is 3.96. The first-order chi connectivity index (χ1) is 9.11. The van der Waals surface area contributed by atoms with Gasteiger partial charge in [-0.2, -0.15) is 0 Å². The SMILES string of the molecule is CCOc1cncc(C(O)c2cc(Cl)ccc2F)c1. The van der Waals surface area contributed by atoms with Crippen LogP contribution in [0.15, 0.2) is 36.7 Å². The highest BCUT2D eigenvalue weighted by molar-refractivity contribution is 6.30. The van der Waals surface area contributed by atoms with Gasteiger partial charge in [0.1, 0.15) is 17.7 Å². The zero-order chi connectivity index (χ0) is 13.8. The molecule has 1 aromatic carbocycles. The summed E-state index contributed by atoms with van der Waals surface area (Å²) < 4.78 is 19.0. The number of pyridine rings is 1. The summed E-state index contributed by atoms with van der Waals surface area (Å²) in [6.45, 7) is 2.34. The van der Waals surface area contributed by atoms with Crippen molar-refractivity contribution >= 4 is 11.6 Å². The van der Waals surface area contributed by atoms with E-state index in [4.69, 9.17) is 16.3 Å². The Balaban J connectivity index is 2.35. The molecule has 0 amide bonds. The molecule has 2 aromatic rings. The zero-order valence-electron chi connectivity index (χ0n) is 10.3. The molecule has 2 rings (SSSR count). The van der Waals surface area contributed by atoms with E-state index in [2.05, 4.69) is 4.98 Å². The number of aliphatic hydroxyl groups excluding tert-OH is 1. The van der Waals surface area contributed by atoms with E-state index in [0.29, 0.717) is 22.9 Å². The number of aliphatic hydroxyl groups is 1. The van der Waals surface area contributed by atoms with Crippen LogP contribution in [0, 0.1) is 5.82 Å². The summed E-state index contributed by atoms with van der Waals surface area (Å²) in [5.74, 6) is 0.0141. The number of aromatic nitrogens is 1. The maximum atomic E-state index is 13.7. The van der Waals surface area contributed by atoms with Gasteiger partial charge in [-0.15, -0.1) is 0 Å². The lowest BCUT2D eigenvalue weighted by Crippen LogP contribution is -2.04. The van der Waals surface area contributed by atoms with Crippen LogP contribution < -0.4 is 4.74 Å². The Morgan fingerprint density at radius 1 is 1.37 bits per heavy atom. The molecule has 0 bridgehead atoms. The third-order valence-electron chi connectivity index (χ3n) is 2.61. The Bertz CT molecular complexity index is 577. The molecule has 0 aliphatic rings. The van der Waals surface area contributed by atoms with Crippen molar-refractivity contribution in [2.24, 2.45) is 0 Å². The van der Waals surface area contributed by atoms with Crippen LogP contribution in [0.5, 0.6) is 5.75 Å². The molecule has 0 radical (unpaired) electrons. The first kappa shape index (κ1) is 13.8. The predicted molar refractivity (Wildman–Crippen MR) is 70.9 cm³/mol. The third-order valence-corrected chi connectivity index (χ3v) is 2.85. The van der Waals surface area contributed by atoms with Crippen molar-refractivity contribution in [1.29, 1.82) is 0 Å². The topological polar surface area (TPSA) is 42.4 Å². The molecule has 5 heteroatoms. The lowest BCUT2D eigenvalue weighted by molar-refractivity contribution is 0.213. The lowest BCUT2D eigenvalue weighted by atomic mass is 10.0. The van der Waals surface area contributed by atoms with Gasteiger partial charge in [0.05, 0.1) is 12.8 Å². The minimum absolute atomic E-state index is 0.114. The van der Waals surface area contributed by atoms with Crippen LogP contribution in [0.3, 0.4) is 0 Å². The molecule has 1 atom stereocenters. The molecule has 3 nitrogen and oxygen atoms in total. The van der Waals surface area contributed by atoms with Crippen molar-refractivity contribution in [3.8, 4) is 5.75 Å². The summed E-state index contributed by atoms with van der Waals surface area (Å²) >= 11 is 5.81. The summed E-state index contributed by atoms with van der Waals surface area (Å²) in [6.07, 6.45) is 1.87. The highest BCUT2D eigenvalue weighted by atomic mass is 35.5. The number of ether oxygens (including phenoxy) is 1. The number of hydrogen-bond donors (Lipinski definition) is 1. The smallest absolute Gasteiger partial charge is 0.137 e. The van der Waals surface area contributed by atoms with Crippen LogP contribution in [-0.4, -0.2) is 16.7 Å². The second kappa shape index (κ2) is 5.99. The van der Waals surface area contributed by atoms with Gasteiger partial charge in [-0.3, -0.25) is 4.98 Å². The van der Waals surface area contributed by atoms with Crippen molar-refractivity contribution in [3.05, 3.63) is 58.6 Å². The predicted octanol–water partition coefficient (Wildman–Crippen LogP) is 3.35. The van der Waals surface area contributed by atoms with Gasteiger partial charge in [-0.1, -0.05) is 11.6 Å².